The van der Waals surface area contributed by atoms with Crippen LogP contribution in [0.1, 0.15) is 0 Å². The lowest BCUT2D eigenvalue weighted by Crippen LogP contribution is -1.90. The van der Waals surface area contributed by atoms with Crippen molar-refractivity contribution in [2.75, 3.05) is 12.8 Å². The molecule has 2 aromatic heterocycles. The molecule has 3 N–H and O–H groups in total. The normalized spacial score (nSPS) is 10.7. The quantitative estimate of drug-likeness (QED) is 0.720. The standard InChI is InChI=1S/C13H12N4O/c1-18-13-10-6-9(11-7-16-17-12(11)14)3-2-8(10)4-5-15-13/h2-7H,1H3,(H3,14,16,17). The Morgan fingerprint density at radius 3 is 2.89 bits per heavy atom. The number of hydrogen-bond acceptors (Lipinski definition) is 4. The van der Waals surface area contributed by atoms with Crippen LogP contribution in [0.5, 0.6) is 5.88 Å². The molecule has 0 atom stereocenters. The molecule has 0 unspecified atom stereocenters. The van der Waals surface area contributed by atoms with E-state index in [-0.39, 0.29) is 0 Å². The fourth-order valence-corrected chi connectivity index (χ4v) is 2.00. The molecule has 1 aromatic carbocycles. The van der Waals surface area contributed by atoms with E-state index in [1.54, 1.807) is 19.5 Å². The number of anilines is 1. The van der Waals surface area contributed by atoms with E-state index in [0.29, 0.717) is 11.7 Å². The second-order valence-corrected chi connectivity index (χ2v) is 3.95. The van der Waals surface area contributed by atoms with Gasteiger partial charge in [-0.2, -0.15) is 5.10 Å². The minimum absolute atomic E-state index is 0.553. The molecule has 0 saturated heterocycles. The smallest absolute Gasteiger partial charge is 0.221 e. The number of hydrogen-bond donors (Lipinski definition) is 2. The predicted molar refractivity (Wildman–Crippen MR) is 70.3 cm³/mol. The Hall–Kier alpha value is -2.56. The zero-order chi connectivity index (χ0) is 12.5. The van der Waals surface area contributed by atoms with Gasteiger partial charge in [0.2, 0.25) is 5.88 Å². The van der Waals surface area contributed by atoms with E-state index in [1.807, 2.05) is 24.3 Å². The number of benzene rings is 1. The predicted octanol–water partition coefficient (Wildman–Crippen LogP) is 2.22. The fourth-order valence-electron chi connectivity index (χ4n) is 2.00. The molecule has 0 amide bonds. The van der Waals surface area contributed by atoms with Crippen molar-refractivity contribution in [2.45, 2.75) is 0 Å². The third-order valence-corrected chi connectivity index (χ3v) is 2.90. The Morgan fingerprint density at radius 1 is 1.28 bits per heavy atom. The summed E-state index contributed by atoms with van der Waals surface area (Å²) in [5.41, 5.74) is 7.69. The molecule has 0 spiro atoms. The lowest BCUT2D eigenvalue weighted by atomic mass is 10.0. The van der Waals surface area contributed by atoms with Crippen molar-refractivity contribution in [2.24, 2.45) is 0 Å². The third kappa shape index (κ3) is 1.57. The van der Waals surface area contributed by atoms with Crippen LogP contribution in [-0.2, 0) is 0 Å². The third-order valence-electron chi connectivity index (χ3n) is 2.90. The first-order valence-electron chi connectivity index (χ1n) is 5.51. The Kier molecular flexibility index (Phi) is 2.37. The number of aromatic amines is 1. The molecular weight excluding hydrogens is 228 g/mol. The van der Waals surface area contributed by atoms with Crippen molar-refractivity contribution in [1.82, 2.24) is 15.2 Å². The first kappa shape index (κ1) is 10.6. The molecule has 0 aliphatic carbocycles. The Labute approximate surface area is 104 Å². The number of nitrogens with two attached hydrogens (primary N) is 1. The number of H-pyrrole nitrogens is 1. The summed E-state index contributed by atoms with van der Waals surface area (Å²) in [7, 11) is 1.61. The number of pyridine rings is 1. The van der Waals surface area contributed by atoms with Crippen LogP contribution in [-0.4, -0.2) is 22.3 Å². The van der Waals surface area contributed by atoms with E-state index in [1.165, 1.54) is 0 Å². The molecule has 5 heteroatoms. The van der Waals surface area contributed by atoms with Gasteiger partial charge < -0.3 is 10.5 Å². The van der Waals surface area contributed by atoms with E-state index in [9.17, 15) is 0 Å². The number of rotatable bonds is 2. The van der Waals surface area contributed by atoms with E-state index < -0.39 is 0 Å². The van der Waals surface area contributed by atoms with E-state index in [0.717, 1.165) is 21.9 Å². The number of nitrogens with one attached hydrogen (secondary N) is 1. The Morgan fingerprint density at radius 2 is 2.17 bits per heavy atom. The molecule has 0 saturated carbocycles. The van der Waals surface area contributed by atoms with Crippen molar-refractivity contribution >= 4 is 16.6 Å². The average molecular weight is 240 g/mol. The zero-order valence-corrected chi connectivity index (χ0v) is 9.84. The monoisotopic (exact) mass is 240 g/mol. The zero-order valence-electron chi connectivity index (χ0n) is 9.84. The highest BCUT2D eigenvalue weighted by Gasteiger charge is 2.08. The van der Waals surface area contributed by atoms with Crippen LogP contribution in [0, 0.1) is 0 Å². The summed E-state index contributed by atoms with van der Waals surface area (Å²) in [4.78, 5) is 4.19. The molecule has 90 valence electrons. The number of nitrogens with zero attached hydrogens (tertiary/aromatic N) is 2. The van der Waals surface area contributed by atoms with E-state index >= 15 is 0 Å². The molecular formula is C13H12N4O. The highest BCUT2D eigenvalue weighted by molar-refractivity contribution is 5.91. The van der Waals surface area contributed by atoms with Gasteiger partial charge in [0, 0.05) is 17.1 Å². The number of methoxy groups -OCH3 is 1. The highest BCUT2D eigenvalue weighted by atomic mass is 16.5. The maximum Gasteiger partial charge on any atom is 0.221 e. The number of nitrogen functional groups attached to an aromatic ring is 1. The minimum Gasteiger partial charge on any atom is -0.481 e. The summed E-state index contributed by atoms with van der Waals surface area (Å²) in [6.45, 7) is 0. The number of ether oxygens (including phenoxy) is 1. The van der Waals surface area contributed by atoms with E-state index in [4.69, 9.17) is 10.5 Å². The van der Waals surface area contributed by atoms with Crippen LogP contribution in [0.4, 0.5) is 5.82 Å². The van der Waals surface area contributed by atoms with Crippen molar-refractivity contribution < 1.29 is 4.74 Å². The van der Waals surface area contributed by atoms with Gasteiger partial charge in [-0.15, -0.1) is 0 Å². The second kappa shape index (κ2) is 4.03. The van der Waals surface area contributed by atoms with Crippen LogP contribution < -0.4 is 10.5 Å². The average Bonchev–Trinajstić information content (AvgIpc) is 2.83. The van der Waals surface area contributed by atoms with Crippen molar-refractivity contribution in [3.8, 4) is 17.0 Å². The molecule has 0 bridgehead atoms. The Balaban J connectivity index is 2.25. The van der Waals surface area contributed by atoms with Gasteiger partial charge >= 0.3 is 0 Å². The molecule has 3 rings (SSSR count). The van der Waals surface area contributed by atoms with Gasteiger partial charge in [-0.3, -0.25) is 5.10 Å². The lowest BCUT2D eigenvalue weighted by molar-refractivity contribution is 0.403. The summed E-state index contributed by atoms with van der Waals surface area (Å²) < 4.78 is 5.26. The van der Waals surface area contributed by atoms with Crippen LogP contribution in [0.3, 0.4) is 0 Å². The van der Waals surface area contributed by atoms with Gasteiger partial charge in [0.05, 0.1) is 13.3 Å². The number of aromatic nitrogens is 3. The van der Waals surface area contributed by atoms with Gasteiger partial charge in [0.25, 0.3) is 0 Å². The van der Waals surface area contributed by atoms with Gasteiger partial charge in [-0.1, -0.05) is 12.1 Å². The van der Waals surface area contributed by atoms with Crippen molar-refractivity contribution in [3.05, 3.63) is 36.7 Å². The summed E-state index contributed by atoms with van der Waals surface area (Å²) in [5, 5.41) is 8.68. The summed E-state index contributed by atoms with van der Waals surface area (Å²) in [6.07, 6.45) is 3.44. The molecule has 0 aliphatic rings. The fraction of sp³-hybridized carbons (Fsp3) is 0.0769. The van der Waals surface area contributed by atoms with E-state index in [2.05, 4.69) is 15.2 Å². The second-order valence-electron chi connectivity index (χ2n) is 3.95. The summed E-state index contributed by atoms with van der Waals surface area (Å²) in [6, 6.07) is 7.97. The topological polar surface area (TPSA) is 76.8 Å². The molecule has 18 heavy (non-hydrogen) atoms. The molecule has 2 heterocycles. The first-order chi connectivity index (χ1) is 8.79. The maximum absolute atomic E-state index is 5.82. The van der Waals surface area contributed by atoms with Gasteiger partial charge in [0.1, 0.15) is 5.82 Å². The lowest BCUT2D eigenvalue weighted by Gasteiger charge is -2.06. The van der Waals surface area contributed by atoms with Crippen LogP contribution >= 0.6 is 0 Å². The van der Waals surface area contributed by atoms with Gasteiger partial charge in [-0.25, -0.2) is 4.98 Å². The number of fused-ring (bicyclic) bond motifs is 1. The highest BCUT2D eigenvalue weighted by Crippen LogP contribution is 2.30. The first-order valence-corrected chi connectivity index (χ1v) is 5.51. The van der Waals surface area contributed by atoms with Crippen molar-refractivity contribution in [1.29, 1.82) is 0 Å². The molecule has 0 radical (unpaired) electrons. The van der Waals surface area contributed by atoms with Gasteiger partial charge in [0.15, 0.2) is 0 Å². The van der Waals surface area contributed by atoms with Crippen LogP contribution in [0.15, 0.2) is 36.7 Å². The van der Waals surface area contributed by atoms with Crippen LogP contribution in [0.2, 0.25) is 0 Å². The summed E-state index contributed by atoms with van der Waals surface area (Å²) >= 11 is 0. The SMILES string of the molecule is COc1nccc2ccc(-c3cn[nH]c3N)cc12. The summed E-state index contributed by atoms with van der Waals surface area (Å²) in [5.74, 6) is 1.16. The largest absolute Gasteiger partial charge is 0.481 e. The maximum atomic E-state index is 5.82. The molecule has 5 nitrogen and oxygen atoms in total. The Bertz CT molecular complexity index is 705. The minimum atomic E-state index is 0.553. The van der Waals surface area contributed by atoms with Crippen LogP contribution in [0.25, 0.3) is 21.9 Å². The molecule has 0 fully saturated rings. The van der Waals surface area contributed by atoms with Gasteiger partial charge in [-0.05, 0) is 23.1 Å². The van der Waals surface area contributed by atoms with Crippen molar-refractivity contribution in [3.63, 3.8) is 0 Å². The molecule has 0 aliphatic heterocycles. The molecule has 3 aromatic rings.